The van der Waals surface area contributed by atoms with Crippen molar-refractivity contribution in [2.45, 2.75) is 38.3 Å². The van der Waals surface area contributed by atoms with Gasteiger partial charge in [0.1, 0.15) is 6.04 Å². The van der Waals surface area contributed by atoms with Gasteiger partial charge in [-0.1, -0.05) is 5.11 Å². The third-order valence-electron chi connectivity index (χ3n) is 2.62. The zero-order valence-corrected chi connectivity index (χ0v) is 11.5. The van der Waals surface area contributed by atoms with Crippen molar-refractivity contribution < 1.29 is 14.3 Å². The molecule has 0 saturated heterocycles. The first kappa shape index (κ1) is 16.7. The van der Waals surface area contributed by atoms with Gasteiger partial charge in [0.05, 0.1) is 12.7 Å². The van der Waals surface area contributed by atoms with Crippen molar-refractivity contribution in [3.63, 3.8) is 0 Å². The highest BCUT2D eigenvalue weighted by atomic mass is 16.5. The van der Waals surface area contributed by atoms with Crippen molar-refractivity contribution in [1.29, 1.82) is 0 Å². The number of methoxy groups -OCH3 is 2. The van der Waals surface area contributed by atoms with E-state index in [1.54, 1.807) is 7.11 Å². The number of esters is 1. The first-order valence-corrected chi connectivity index (χ1v) is 5.84. The number of azide groups is 1. The third-order valence-corrected chi connectivity index (χ3v) is 2.62. The Morgan fingerprint density at radius 2 is 2.17 bits per heavy atom. The van der Waals surface area contributed by atoms with Crippen LogP contribution in [0.2, 0.25) is 0 Å². The topological polar surface area (TPSA) is 96.3 Å². The Labute approximate surface area is 107 Å². The van der Waals surface area contributed by atoms with E-state index in [0.29, 0.717) is 25.9 Å². The molecule has 0 fully saturated rings. The Hall–Kier alpha value is -1.30. The predicted molar refractivity (Wildman–Crippen MR) is 68.1 cm³/mol. The van der Waals surface area contributed by atoms with Gasteiger partial charge < -0.3 is 14.8 Å². The first-order valence-electron chi connectivity index (χ1n) is 5.84. The van der Waals surface area contributed by atoms with Crippen LogP contribution in [-0.2, 0) is 14.3 Å². The maximum atomic E-state index is 11.6. The number of ether oxygens (including phenoxy) is 2. The van der Waals surface area contributed by atoms with Gasteiger partial charge in [-0.25, -0.2) is 0 Å². The molecule has 0 spiro atoms. The van der Waals surface area contributed by atoms with Crippen LogP contribution in [0.4, 0.5) is 0 Å². The van der Waals surface area contributed by atoms with Gasteiger partial charge in [0.2, 0.25) is 0 Å². The van der Waals surface area contributed by atoms with Crippen molar-refractivity contribution >= 4 is 5.97 Å². The van der Waals surface area contributed by atoms with Crippen molar-refractivity contribution in [2.75, 3.05) is 27.3 Å². The SMILES string of the molecule is COC(=O)C(CC(C)(C)OC)NCCCN=[N+]=[N-]. The van der Waals surface area contributed by atoms with Crippen LogP contribution >= 0.6 is 0 Å². The lowest BCUT2D eigenvalue weighted by molar-refractivity contribution is -0.145. The Bertz CT molecular complexity index is 301. The quantitative estimate of drug-likeness (QED) is 0.223. The minimum Gasteiger partial charge on any atom is -0.468 e. The monoisotopic (exact) mass is 258 g/mol. The molecule has 1 unspecified atom stereocenters. The number of hydrogen-bond acceptors (Lipinski definition) is 5. The van der Waals surface area contributed by atoms with Crippen LogP contribution in [0.25, 0.3) is 10.4 Å². The van der Waals surface area contributed by atoms with Gasteiger partial charge in [-0.3, -0.25) is 4.79 Å². The lowest BCUT2D eigenvalue weighted by Crippen LogP contribution is -2.44. The summed E-state index contributed by atoms with van der Waals surface area (Å²) in [4.78, 5) is 14.3. The van der Waals surface area contributed by atoms with E-state index in [1.807, 2.05) is 13.8 Å². The summed E-state index contributed by atoms with van der Waals surface area (Å²) >= 11 is 0. The van der Waals surface area contributed by atoms with Crippen molar-refractivity contribution in [3.8, 4) is 0 Å². The van der Waals surface area contributed by atoms with Crippen molar-refractivity contribution in [3.05, 3.63) is 10.4 Å². The molecular weight excluding hydrogens is 236 g/mol. The summed E-state index contributed by atoms with van der Waals surface area (Å²) in [6.45, 7) is 4.80. The molecule has 18 heavy (non-hydrogen) atoms. The van der Waals surface area contributed by atoms with E-state index in [2.05, 4.69) is 15.3 Å². The molecule has 0 rings (SSSR count). The first-order chi connectivity index (χ1) is 8.46. The minimum absolute atomic E-state index is 0.316. The highest BCUT2D eigenvalue weighted by Crippen LogP contribution is 2.16. The molecule has 0 aliphatic rings. The smallest absolute Gasteiger partial charge is 0.322 e. The van der Waals surface area contributed by atoms with Crippen LogP contribution in [-0.4, -0.2) is 44.9 Å². The summed E-state index contributed by atoms with van der Waals surface area (Å²) in [6.07, 6.45) is 1.18. The fraction of sp³-hybridized carbons (Fsp3) is 0.909. The molecular formula is C11H22N4O3. The number of nitrogens with zero attached hydrogens (tertiary/aromatic N) is 3. The molecule has 0 aromatic heterocycles. The molecule has 0 aromatic carbocycles. The Balaban J connectivity index is 4.24. The van der Waals surface area contributed by atoms with Crippen LogP contribution in [0.15, 0.2) is 5.11 Å². The Morgan fingerprint density at radius 1 is 1.50 bits per heavy atom. The molecule has 1 N–H and O–H groups in total. The molecule has 0 saturated carbocycles. The molecule has 0 aliphatic carbocycles. The number of hydrogen-bond donors (Lipinski definition) is 1. The molecule has 0 aromatic rings. The van der Waals surface area contributed by atoms with Crippen molar-refractivity contribution in [2.24, 2.45) is 5.11 Å². The standard InChI is InChI=1S/C11H22N4O3/c1-11(2,18-4)8-9(10(16)17-3)13-6-5-7-14-15-12/h9,13H,5-8H2,1-4H3. The van der Waals surface area contributed by atoms with Crippen LogP contribution in [0.1, 0.15) is 26.7 Å². The average Bonchev–Trinajstić information content (AvgIpc) is 2.36. The molecule has 0 aliphatic heterocycles. The van der Waals surface area contributed by atoms with Crippen LogP contribution in [0.5, 0.6) is 0 Å². The summed E-state index contributed by atoms with van der Waals surface area (Å²) in [5.74, 6) is -0.316. The predicted octanol–water partition coefficient (Wildman–Crippen LogP) is 1.63. The largest absolute Gasteiger partial charge is 0.468 e. The van der Waals surface area contributed by atoms with E-state index in [0.717, 1.165) is 0 Å². The van der Waals surface area contributed by atoms with E-state index in [9.17, 15) is 4.79 Å². The fourth-order valence-electron chi connectivity index (χ4n) is 1.43. The summed E-state index contributed by atoms with van der Waals surface area (Å²) < 4.78 is 10.0. The second-order valence-corrected chi connectivity index (χ2v) is 4.51. The van der Waals surface area contributed by atoms with Crippen LogP contribution in [0.3, 0.4) is 0 Å². The van der Waals surface area contributed by atoms with Gasteiger partial charge in [-0.15, -0.1) is 0 Å². The van der Waals surface area contributed by atoms with Crippen LogP contribution < -0.4 is 5.32 Å². The van der Waals surface area contributed by atoms with E-state index < -0.39 is 11.6 Å². The highest BCUT2D eigenvalue weighted by Gasteiger charge is 2.27. The number of rotatable bonds is 9. The number of nitrogens with one attached hydrogen (secondary N) is 1. The van der Waals surface area contributed by atoms with E-state index >= 15 is 0 Å². The number of carbonyl (C=O) groups is 1. The van der Waals surface area contributed by atoms with Crippen LogP contribution in [0, 0.1) is 0 Å². The van der Waals surface area contributed by atoms with Gasteiger partial charge in [-0.05, 0) is 32.3 Å². The van der Waals surface area contributed by atoms with Gasteiger partial charge in [-0.2, -0.15) is 0 Å². The lowest BCUT2D eigenvalue weighted by Gasteiger charge is -2.27. The van der Waals surface area contributed by atoms with Gasteiger partial charge >= 0.3 is 5.97 Å². The molecule has 0 heterocycles. The normalized spacial score (nSPS) is 12.7. The van der Waals surface area contributed by atoms with E-state index in [4.69, 9.17) is 15.0 Å². The molecule has 104 valence electrons. The summed E-state index contributed by atoms with van der Waals surface area (Å²) in [7, 11) is 2.97. The summed E-state index contributed by atoms with van der Waals surface area (Å²) in [5, 5.41) is 6.51. The molecule has 0 amide bonds. The van der Waals surface area contributed by atoms with E-state index in [1.165, 1.54) is 7.11 Å². The lowest BCUT2D eigenvalue weighted by atomic mass is 9.98. The maximum absolute atomic E-state index is 11.6. The molecule has 1 atom stereocenters. The Kier molecular flexibility index (Phi) is 8.11. The summed E-state index contributed by atoms with van der Waals surface area (Å²) in [5.41, 5.74) is 7.73. The zero-order valence-electron chi connectivity index (χ0n) is 11.5. The average molecular weight is 258 g/mol. The molecule has 7 heteroatoms. The highest BCUT2D eigenvalue weighted by molar-refractivity contribution is 5.75. The fourth-order valence-corrected chi connectivity index (χ4v) is 1.43. The van der Waals surface area contributed by atoms with Gasteiger partial charge in [0.15, 0.2) is 0 Å². The third kappa shape index (κ3) is 7.11. The minimum atomic E-state index is -0.420. The maximum Gasteiger partial charge on any atom is 0.322 e. The Morgan fingerprint density at radius 3 is 2.67 bits per heavy atom. The van der Waals surface area contributed by atoms with Gasteiger partial charge in [0.25, 0.3) is 0 Å². The van der Waals surface area contributed by atoms with Crippen molar-refractivity contribution in [1.82, 2.24) is 5.32 Å². The molecule has 7 nitrogen and oxygen atoms in total. The molecule has 0 radical (unpaired) electrons. The van der Waals surface area contributed by atoms with Gasteiger partial charge in [0, 0.05) is 25.0 Å². The summed E-state index contributed by atoms with van der Waals surface area (Å²) in [6, 6.07) is -0.420. The second kappa shape index (κ2) is 8.74. The zero-order chi connectivity index (χ0) is 14.0. The van der Waals surface area contributed by atoms with E-state index in [-0.39, 0.29) is 5.97 Å². The number of carbonyl (C=O) groups excluding carboxylic acids is 1. The second-order valence-electron chi connectivity index (χ2n) is 4.51. The molecule has 0 bridgehead atoms.